The van der Waals surface area contributed by atoms with Gasteiger partial charge in [-0.25, -0.2) is 0 Å². The Labute approximate surface area is 208 Å². The van der Waals surface area contributed by atoms with Gasteiger partial charge in [-0.3, -0.25) is 9.36 Å². The maximum Gasteiger partial charge on any atom is 0.416 e. The minimum absolute atomic E-state index is 0.0665. The first-order valence-electron chi connectivity index (χ1n) is 10.4. The molecule has 3 aromatic carbocycles. The fraction of sp³-hybridized carbons (Fsp3) is 0.125. The lowest BCUT2D eigenvalue weighted by molar-refractivity contribution is -0.137. The first-order valence-corrected chi connectivity index (χ1v) is 11.7. The van der Waals surface area contributed by atoms with Crippen LogP contribution in [0.25, 0.3) is 5.69 Å². The second-order valence-electron chi connectivity index (χ2n) is 7.35. The van der Waals surface area contributed by atoms with E-state index < -0.39 is 17.6 Å². The molecule has 11 heteroatoms. The highest BCUT2D eigenvalue weighted by Gasteiger charge is 2.30. The van der Waals surface area contributed by atoms with Gasteiger partial charge in [0.1, 0.15) is 0 Å². The summed E-state index contributed by atoms with van der Waals surface area (Å²) in [6.45, 7) is 0.346. The SMILES string of the molecule is O=C(CSc1nnc(CNc2cccc(Cl)c2)n1-c1ccccc1)Nc1cccc(C(F)(F)F)c1. The molecule has 2 N–H and O–H groups in total. The van der Waals surface area contributed by atoms with Gasteiger partial charge in [0.25, 0.3) is 0 Å². The lowest BCUT2D eigenvalue weighted by Crippen LogP contribution is -2.15. The molecule has 0 radical (unpaired) electrons. The van der Waals surface area contributed by atoms with Gasteiger partial charge in [-0.15, -0.1) is 10.2 Å². The zero-order valence-electron chi connectivity index (χ0n) is 18.1. The smallest absolute Gasteiger partial charge is 0.378 e. The third kappa shape index (κ3) is 6.55. The number of nitrogens with zero attached hydrogens (tertiary/aromatic N) is 3. The molecule has 0 saturated carbocycles. The lowest BCUT2D eigenvalue weighted by Gasteiger charge is -2.12. The van der Waals surface area contributed by atoms with Gasteiger partial charge in [-0.2, -0.15) is 13.2 Å². The Morgan fingerprint density at radius 2 is 1.69 bits per heavy atom. The molecule has 1 amide bonds. The van der Waals surface area contributed by atoms with Gasteiger partial charge >= 0.3 is 6.18 Å². The van der Waals surface area contributed by atoms with Crippen molar-refractivity contribution < 1.29 is 18.0 Å². The highest BCUT2D eigenvalue weighted by Crippen LogP contribution is 2.31. The first kappa shape index (κ1) is 24.6. The second kappa shape index (κ2) is 10.8. The molecule has 180 valence electrons. The Kier molecular flexibility index (Phi) is 7.62. The number of anilines is 2. The number of benzene rings is 3. The molecule has 0 spiro atoms. The summed E-state index contributed by atoms with van der Waals surface area (Å²) in [6.07, 6.45) is -4.49. The van der Waals surface area contributed by atoms with E-state index in [1.807, 2.05) is 47.0 Å². The summed E-state index contributed by atoms with van der Waals surface area (Å²) in [5, 5.41) is 15.3. The van der Waals surface area contributed by atoms with Crippen LogP contribution >= 0.6 is 23.4 Å². The fourth-order valence-corrected chi connectivity index (χ4v) is 4.19. The van der Waals surface area contributed by atoms with Crippen molar-refractivity contribution in [2.45, 2.75) is 17.9 Å². The van der Waals surface area contributed by atoms with Gasteiger partial charge in [-0.05, 0) is 48.5 Å². The van der Waals surface area contributed by atoms with Crippen molar-refractivity contribution in [2.24, 2.45) is 0 Å². The molecule has 0 bridgehead atoms. The number of hydrogen-bond acceptors (Lipinski definition) is 5. The van der Waals surface area contributed by atoms with Crippen LogP contribution in [0.5, 0.6) is 0 Å². The van der Waals surface area contributed by atoms with Crippen molar-refractivity contribution in [1.29, 1.82) is 0 Å². The van der Waals surface area contributed by atoms with Crippen LogP contribution in [-0.4, -0.2) is 26.4 Å². The quantitative estimate of drug-likeness (QED) is 0.269. The molecule has 35 heavy (non-hydrogen) atoms. The number of thioether (sulfide) groups is 1. The standard InChI is InChI=1S/C24H19ClF3N5OS/c25-17-7-5-8-18(13-17)29-14-21-31-32-23(33(21)20-10-2-1-3-11-20)35-15-22(34)30-19-9-4-6-16(12-19)24(26,27)28/h1-13,29H,14-15H2,(H,30,34). The van der Waals surface area contributed by atoms with Crippen LogP contribution in [0.2, 0.25) is 5.02 Å². The van der Waals surface area contributed by atoms with Crippen LogP contribution < -0.4 is 10.6 Å². The van der Waals surface area contributed by atoms with E-state index in [-0.39, 0.29) is 11.4 Å². The zero-order chi connectivity index (χ0) is 24.8. The van der Waals surface area contributed by atoms with Crippen molar-refractivity contribution in [3.05, 3.63) is 95.3 Å². The molecule has 0 aliphatic rings. The zero-order valence-corrected chi connectivity index (χ0v) is 19.7. The van der Waals surface area contributed by atoms with Gasteiger partial charge < -0.3 is 10.6 Å². The number of para-hydroxylation sites is 1. The van der Waals surface area contributed by atoms with E-state index >= 15 is 0 Å². The monoisotopic (exact) mass is 517 g/mol. The summed E-state index contributed by atoms with van der Waals surface area (Å²) < 4.78 is 40.6. The summed E-state index contributed by atoms with van der Waals surface area (Å²) >= 11 is 7.18. The van der Waals surface area contributed by atoms with Crippen molar-refractivity contribution in [3.63, 3.8) is 0 Å². The summed E-state index contributed by atoms with van der Waals surface area (Å²) in [6, 6.07) is 21.2. The van der Waals surface area contributed by atoms with E-state index in [9.17, 15) is 18.0 Å². The molecule has 4 rings (SSSR count). The summed E-state index contributed by atoms with van der Waals surface area (Å²) in [7, 11) is 0. The van der Waals surface area contributed by atoms with Crippen LogP contribution in [0.1, 0.15) is 11.4 Å². The molecule has 6 nitrogen and oxygen atoms in total. The molecule has 0 aliphatic heterocycles. The largest absolute Gasteiger partial charge is 0.416 e. The average molecular weight is 518 g/mol. The molecule has 1 heterocycles. The van der Waals surface area contributed by atoms with Crippen LogP contribution in [0, 0.1) is 0 Å². The molecule has 0 saturated heterocycles. The van der Waals surface area contributed by atoms with Crippen LogP contribution in [-0.2, 0) is 17.5 Å². The Hall–Kier alpha value is -3.50. The topological polar surface area (TPSA) is 71.8 Å². The van der Waals surface area contributed by atoms with E-state index in [0.29, 0.717) is 22.5 Å². The van der Waals surface area contributed by atoms with Crippen molar-refractivity contribution in [1.82, 2.24) is 14.8 Å². The average Bonchev–Trinajstić information content (AvgIpc) is 3.24. The van der Waals surface area contributed by atoms with E-state index in [1.54, 1.807) is 12.1 Å². The molecular formula is C24H19ClF3N5OS. The normalized spacial score (nSPS) is 11.3. The fourth-order valence-electron chi connectivity index (χ4n) is 3.22. The van der Waals surface area contributed by atoms with E-state index in [2.05, 4.69) is 20.8 Å². The third-order valence-electron chi connectivity index (χ3n) is 4.80. The molecule has 0 fully saturated rings. The number of aromatic nitrogens is 3. The highest BCUT2D eigenvalue weighted by molar-refractivity contribution is 7.99. The molecule has 0 atom stereocenters. The predicted octanol–water partition coefficient (Wildman–Crippen LogP) is 6.28. The number of nitrogens with one attached hydrogen (secondary N) is 2. The maximum atomic E-state index is 12.9. The number of carbonyl (C=O) groups excluding carboxylic acids is 1. The number of carbonyl (C=O) groups is 1. The highest BCUT2D eigenvalue weighted by atomic mass is 35.5. The number of hydrogen-bond donors (Lipinski definition) is 2. The Balaban J connectivity index is 1.48. The first-order chi connectivity index (χ1) is 16.8. The van der Waals surface area contributed by atoms with Gasteiger partial charge in [0, 0.05) is 22.1 Å². The third-order valence-corrected chi connectivity index (χ3v) is 5.96. The Morgan fingerprint density at radius 3 is 2.43 bits per heavy atom. The molecular weight excluding hydrogens is 499 g/mol. The maximum absolute atomic E-state index is 12.9. The molecule has 1 aromatic heterocycles. The van der Waals surface area contributed by atoms with Crippen LogP contribution in [0.4, 0.5) is 24.5 Å². The van der Waals surface area contributed by atoms with E-state index in [0.717, 1.165) is 35.3 Å². The number of alkyl halides is 3. The molecule has 0 unspecified atom stereocenters. The van der Waals surface area contributed by atoms with Gasteiger partial charge in [-0.1, -0.05) is 53.7 Å². The van der Waals surface area contributed by atoms with Crippen LogP contribution in [0.15, 0.2) is 84.0 Å². The summed E-state index contributed by atoms with van der Waals surface area (Å²) in [5.74, 6) is 0.0793. The Morgan fingerprint density at radius 1 is 0.943 bits per heavy atom. The minimum Gasteiger partial charge on any atom is -0.378 e. The lowest BCUT2D eigenvalue weighted by atomic mass is 10.2. The van der Waals surface area contributed by atoms with E-state index in [1.165, 1.54) is 12.1 Å². The predicted molar refractivity (Wildman–Crippen MR) is 131 cm³/mol. The minimum atomic E-state index is -4.49. The number of rotatable bonds is 8. The second-order valence-corrected chi connectivity index (χ2v) is 8.73. The Bertz CT molecular complexity index is 1310. The number of halogens is 4. The van der Waals surface area contributed by atoms with Crippen LogP contribution in [0.3, 0.4) is 0 Å². The van der Waals surface area contributed by atoms with Gasteiger partial charge in [0.05, 0.1) is 17.9 Å². The van der Waals surface area contributed by atoms with Gasteiger partial charge in [0.2, 0.25) is 5.91 Å². The van der Waals surface area contributed by atoms with Crippen molar-refractivity contribution in [3.8, 4) is 5.69 Å². The summed E-state index contributed by atoms with van der Waals surface area (Å²) in [4.78, 5) is 12.4. The van der Waals surface area contributed by atoms with E-state index in [4.69, 9.17) is 11.6 Å². The summed E-state index contributed by atoms with van der Waals surface area (Å²) in [5.41, 5.74) is 0.862. The van der Waals surface area contributed by atoms with Crippen molar-refractivity contribution in [2.75, 3.05) is 16.4 Å². The van der Waals surface area contributed by atoms with Crippen molar-refractivity contribution >= 4 is 40.6 Å². The number of amides is 1. The molecule has 4 aromatic rings. The van der Waals surface area contributed by atoms with Gasteiger partial charge in [0.15, 0.2) is 11.0 Å². The molecule has 0 aliphatic carbocycles.